The number of pyridine rings is 1. The van der Waals surface area contributed by atoms with Crippen molar-refractivity contribution < 1.29 is 0 Å². The van der Waals surface area contributed by atoms with Gasteiger partial charge in [0.25, 0.3) is 0 Å². The lowest BCUT2D eigenvalue weighted by Crippen LogP contribution is -1.92. The second kappa shape index (κ2) is 6.81. The lowest BCUT2D eigenvalue weighted by atomic mass is 10.2. The van der Waals surface area contributed by atoms with Gasteiger partial charge in [-0.25, -0.2) is 0 Å². The van der Waals surface area contributed by atoms with Gasteiger partial charge in [-0.3, -0.25) is 4.98 Å². The molecule has 0 aliphatic heterocycles. The summed E-state index contributed by atoms with van der Waals surface area (Å²) in [6.45, 7) is 0. The minimum absolute atomic E-state index is 0.768. The molecule has 2 aromatic heterocycles. The Morgan fingerprint density at radius 1 is 1.10 bits per heavy atom. The third kappa shape index (κ3) is 3.76. The van der Waals surface area contributed by atoms with Gasteiger partial charge in [0, 0.05) is 18.1 Å². The molecular formula is C15H13N5S. The summed E-state index contributed by atoms with van der Waals surface area (Å²) in [4.78, 5) is 3.97. The number of hydrogen-bond donors (Lipinski definition) is 0. The van der Waals surface area contributed by atoms with Crippen molar-refractivity contribution in [3.05, 3.63) is 72.3 Å². The molecule has 104 valence electrons. The molecule has 0 fully saturated rings. The SMILES string of the molecule is C(=N\n1cnnc1SCc1ccccc1)/c1ccncc1. The van der Waals surface area contributed by atoms with Gasteiger partial charge < -0.3 is 0 Å². The highest BCUT2D eigenvalue weighted by Crippen LogP contribution is 2.20. The Hall–Kier alpha value is -2.47. The molecule has 0 aliphatic carbocycles. The van der Waals surface area contributed by atoms with Gasteiger partial charge in [-0.15, -0.1) is 10.2 Å². The van der Waals surface area contributed by atoms with Crippen LogP contribution in [0.5, 0.6) is 0 Å². The van der Waals surface area contributed by atoms with Crippen LogP contribution in [0, 0.1) is 0 Å². The standard InChI is InChI=1S/C15H13N5S/c1-2-4-14(5-3-1)11-21-15-19-17-12-20(15)18-10-13-6-8-16-9-7-13/h1-10,12H,11H2/b18-10+. The monoisotopic (exact) mass is 295 g/mol. The van der Waals surface area contributed by atoms with E-state index >= 15 is 0 Å². The third-order valence-electron chi connectivity index (χ3n) is 2.75. The Morgan fingerprint density at radius 3 is 2.71 bits per heavy atom. The maximum absolute atomic E-state index is 4.37. The molecule has 0 saturated heterocycles. The van der Waals surface area contributed by atoms with Gasteiger partial charge in [0.2, 0.25) is 5.16 Å². The van der Waals surface area contributed by atoms with E-state index in [1.54, 1.807) is 41.4 Å². The van der Waals surface area contributed by atoms with E-state index in [9.17, 15) is 0 Å². The van der Waals surface area contributed by atoms with E-state index in [0.717, 1.165) is 16.5 Å². The highest BCUT2D eigenvalue weighted by Gasteiger charge is 2.04. The first kappa shape index (κ1) is 13.5. The zero-order valence-electron chi connectivity index (χ0n) is 11.2. The number of thioether (sulfide) groups is 1. The fourth-order valence-electron chi connectivity index (χ4n) is 1.69. The van der Waals surface area contributed by atoms with Crippen molar-refractivity contribution >= 4 is 18.0 Å². The maximum atomic E-state index is 4.37. The second-order valence-electron chi connectivity index (χ2n) is 4.26. The van der Waals surface area contributed by atoms with E-state index in [4.69, 9.17) is 0 Å². The summed E-state index contributed by atoms with van der Waals surface area (Å²) in [6.07, 6.45) is 6.83. The lowest BCUT2D eigenvalue weighted by Gasteiger charge is -2.01. The number of nitrogens with zero attached hydrogens (tertiary/aromatic N) is 5. The lowest BCUT2D eigenvalue weighted by molar-refractivity contribution is 0.767. The summed E-state index contributed by atoms with van der Waals surface area (Å²) in [5.41, 5.74) is 2.23. The van der Waals surface area contributed by atoms with Crippen molar-refractivity contribution in [1.29, 1.82) is 0 Å². The largest absolute Gasteiger partial charge is 0.265 e. The van der Waals surface area contributed by atoms with Gasteiger partial charge in [0.15, 0.2) is 0 Å². The molecule has 0 aliphatic rings. The first-order chi connectivity index (χ1) is 10.4. The van der Waals surface area contributed by atoms with E-state index < -0.39 is 0 Å². The van der Waals surface area contributed by atoms with Crippen molar-refractivity contribution in [2.24, 2.45) is 5.10 Å². The fraction of sp³-hybridized carbons (Fsp3) is 0.0667. The number of aromatic nitrogens is 4. The normalized spacial score (nSPS) is 11.0. The van der Waals surface area contributed by atoms with Crippen LogP contribution >= 0.6 is 11.8 Å². The Kier molecular flexibility index (Phi) is 4.38. The van der Waals surface area contributed by atoms with Crippen LogP contribution in [0.1, 0.15) is 11.1 Å². The number of rotatable bonds is 5. The van der Waals surface area contributed by atoms with Crippen molar-refractivity contribution in [3.63, 3.8) is 0 Å². The van der Waals surface area contributed by atoms with Crippen molar-refractivity contribution in [3.8, 4) is 0 Å². The molecule has 5 nitrogen and oxygen atoms in total. The molecule has 0 atom stereocenters. The minimum atomic E-state index is 0.768. The molecule has 0 spiro atoms. The fourth-order valence-corrected chi connectivity index (χ4v) is 2.51. The first-order valence-electron chi connectivity index (χ1n) is 6.43. The van der Waals surface area contributed by atoms with Crippen molar-refractivity contribution in [1.82, 2.24) is 19.9 Å². The zero-order chi connectivity index (χ0) is 14.3. The highest BCUT2D eigenvalue weighted by molar-refractivity contribution is 7.98. The van der Waals surface area contributed by atoms with Crippen LogP contribution in [-0.2, 0) is 5.75 Å². The molecule has 0 N–H and O–H groups in total. The molecule has 21 heavy (non-hydrogen) atoms. The highest BCUT2D eigenvalue weighted by atomic mass is 32.2. The van der Waals surface area contributed by atoms with Gasteiger partial charge in [-0.05, 0) is 23.3 Å². The molecule has 3 aromatic rings. The van der Waals surface area contributed by atoms with Crippen LogP contribution in [0.2, 0.25) is 0 Å². The van der Waals surface area contributed by atoms with Crippen LogP contribution < -0.4 is 0 Å². The van der Waals surface area contributed by atoms with Crippen LogP contribution in [0.3, 0.4) is 0 Å². The first-order valence-corrected chi connectivity index (χ1v) is 7.41. The summed E-state index contributed by atoms with van der Waals surface area (Å²) in [6, 6.07) is 14.0. The molecule has 1 aromatic carbocycles. The zero-order valence-corrected chi connectivity index (χ0v) is 12.0. The summed E-state index contributed by atoms with van der Waals surface area (Å²) in [5, 5.41) is 13.1. The Labute approximate surface area is 126 Å². The smallest absolute Gasteiger partial charge is 0.212 e. The van der Waals surface area contributed by atoms with E-state index in [1.807, 2.05) is 30.3 Å². The molecule has 2 heterocycles. The van der Waals surface area contributed by atoms with Crippen molar-refractivity contribution in [2.45, 2.75) is 10.9 Å². The molecule has 0 amide bonds. The van der Waals surface area contributed by atoms with Gasteiger partial charge in [0.05, 0.1) is 6.21 Å². The number of benzene rings is 1. The van der Waals surface area contributed by atoms with E-state index in [0.29, 0.717) is 0 Å². The van der Waals surface area contributed by atoms with Crippen LogP contribution in [0.15, 0.2) is 71.4 Å². The van der Waals surface area contributed by atoms with E-state index in [-0.39, 0.29) is 0 Å². The third-order valence-corrected chi connectivity index (χ3v) is 3.75. The topological polar surface area (TPSA) is 56.0 Å². The van der Waals surface area contributed by atoms with Crippen molar-refractivity contribution in [2.75, 3.05) is 0 Å². The minimum Gasteiger partial charge on any atom is -0.265 e. The molecule has 0 unspecified atom stereocenters. The maximum Gasteiger partial charge on any atom is 0.212 e. The van der Waals surface area contributed by atoms with Gasteiger partial charge in [0.1, 0.15) is 6.33 Å². The van der Waals surface area contributed by atoms with Crippen LogP contribution in [0.25, 0.3) is 0 Å². The molecular weight excluding hydrogens is 282 g/mol. The summed E-state index contributed by atoms with van der Waals surface area (Å²) in [5.74, 6) is 0.838. The predicted molar refractivity (Wildman–Crippen MR) is 83.3 cm³/mol. The summed E-state index contributed by atoms with van der Waals surface area (Å²) >= 11 is 1.61. The van der Waals surface area contributed by atoms with E-state index in [2.05, 4.69) is 32.4 Å². The predicted octanol–water partition coefficient (Wildman–Crippen LogP) is 2.85. The van der Waals surface area contributed by atoms with Crippen LogP contribution in [-0.4, -0.2) is 26.1 Å². The second-order valence-corrected chi connectivity index (χ2v) is 5.20. The average Bonchev–Trinajstić information content (AvgIpc) is 3.00. The summed E-state index contributed by atoms with van der Waals surface area (Å²) < 4.78 is 1.67. The number of hydrogen-bond acceptors (Lipinski definition) is 5. The molecule has 0 radical (unpaired) electrons. The Morgan fingerprint density at radius 2 is 1.90 bits per heavy atom. The molecule has 0 bridgehead atoms. The van der Waals surface area contributed by atoms with Gasteiger partial charge in [-0.2, -0.15) is 9.78 Å². The van der Waals surface area contributed by atoms with Gasteiger partial charge in [-0.1, -0.05) is 42.1 Å². The average molecular weight is 295 g/mol. The Bertz CT molecular complexity index is 709. The van der Waals surface area contributed by atoms with E-state index in [1.165, 1.54) is 5.56 Å². The van der Waals surface area contributed by atoms with Gasteiger partial charge >= 0.3 is 0 Å². The van der Waals surface area contributed by atoms with Crippen LogP contribution in [0.4, 0.5) is 0 Å². The molecule has 6 heteroatoms. The molecule has 0 saturated carbocycles. The Balaban J connectivity index is 1.68. The quantitative estimate of drug-likeness (QED) is 0.536. The molecule has 3 rings (SSSR count). The summed E-state index contributed by atoms with van der Waals surface area (Å²) in [7, 11) is 0.